The van der Waals surface area contributed by atoms with Gasteiger partial charge in [-0.3, -0.25) is 0 Å². The molecule has 0 saturated heterocycles. The van der Waals surface area contributed by atoms with E-state index in [9.17, 15) is 0 Å². The molecule has 0 aromatic carbocycles. The first kappa shape index (κ1) is 15.7. The first-order chi connectivity index (χ1) is 9.22. The summed E-state index contributed by atoms with van der Waals surface area (Å²) >= 11 is 0. The summed E-state index contributed by atoms with van der Waals surface area (Å²) in [5, 5.41) is 3.18. The first-order valence-corrected chi connectivity index (χ1v) is 6.63. The SMILES string of the molecule is CCCOc1cc(NCCOCCN(C)C)ncn1. The Labute approximate surface area is 115 Å². The van der Waals surface area contributed by atoms with E-state index < -0.39 is 0 Å². The minimum atomic E-state index is 0.605. The van der Waals surface area contributed by atoms with Crippen molar-refractivity contribution in [1.29, 1.82) is 0 Å². The summed E-state index contributed by atoms with van der Waals surface area (Å²) < 4.78 is 10.9. The lowest BCUT2D eigenvalue weighted by atomic mass is 10.5. The van der Waals surface area contributed by atoms with Gasteiger partial charge >= 0.3 is 0 Å². The number of anilines is 1. The molecule has 0 aliphatic rings. The summed E-state index contributed by atoms with van der Waals surface area (Å²) in [6.45, 7) is 5.78. The van der Waals surface area contributed by atoms with Gasteiger partial charge in [-0.2, -0.15) is 0 Å². The zero-order valence-electron chi connectivity index (χ0n) is 12.1. The van der Waals surface area contributed by atoms with E-state index >= 15 is 0 Å². The smallest absolute Gasteiger partial charge is 0.218 e. The second kappa shape index (κ2) is 9.52. The second-order valence-corrected chi connectivity index (χ2v) is 4.43. The molecule has 6 heteroatoms. The Morgan fingerprint density at radius 2 is 2.05 bits per heavy atom. The molecule has 1 aromatic rings. The number of nitrogens with zero attached hydrogens (tertiary/aromatic N) is 3. The van der Waals surface area contributed by atoms with Crippen LogP contribution in [0.5, 0.6) is 5.88 Å². The Bertz CT molecular complexity index is 347. The van der Waals surface area contributed by atoms with E-state index in [-0.39, 0.29) is 0 Å². The van der Waals surface area contributed by atoms with E-state index in [1.807, 2.05) is 14.1 Å². The van der Waals surface area contributed by atoms with E-state index in [4.69, 9.17) is 9.47 Å². The molecular weight excluding hydrogens is 244 g/mol. The molecule has 1 N–H and O–H groups in total. The summed E-state index contributed by atoms with van der Waals surface area (Å²) in [7, 11) is 4.06. The highest BCUT2D eigenvalue weighted by Crippen LogP contribution is 2.10. The van der Waals surface area contributed by atoms with Gasteiger partial charge in [-0.1, -0.05) is 6.92 Å². The highest BCUT2D eigenvalue weighted by Gasteiger charge is 1.99. The molecule has 1 aromatic heterocycles. The van der Waals surface area contributed by atoms with Gasteiger partial charge in [0.25, 0.3) is 0 Å². The zero-order valence-corrected chi connectivity index (χ0v) is 12.1. The van der Waals surface area contributed by atoms with Gasteiger partial charge < -0.3 is 19.7 Å². The van der Waals surface area contributed by atoms with Crippen molar-refractivity contribution in [1.82, 2.24) is 14.9 Å². The van der Waals surface area contributed by atoms with Crippen molar-refractivity contribution in [3.05, 3.63) is 12.4 Å². The molecule has 0 radical (unpaired) electrons. The fourth-order valence-electron chi connectivity index (χ4n) is 1.32. The molecule has 6 nitrogen and oxygen atoms in total. The van der Waals surface area contributed by atoms with Crippen LogP contribution in [0.3, 0.4) is 0 Å². The molecular formula is C13H24N4O2. The normalized spacial score (nSPS) is 10.7. The minimum absolute atomic E-state index is 0.605. The van der Waals surface area contributed by atoms with Crippen LogP contribution in [0.1, 0.15) is 13.3 Å². The van der Waals surface area contributed by atoms with Crippen LogP contribution in [0, 0.1) is 0 Å². The van der Waals surface area contributed by atoms with Crippen molar-refractivity contribution in [2.45, 2.75) is 13.3 Å². The fourth-order valence-corrected chi connectivity index (χ4v) is 1.32. The van der Waals surface area contributed by atoms with Crippen molar-refractivity contribution < 1.29 is 9.47 Å². The Kier molecular flexibility index (Phi) is 7.84. The van der Waals surface area contributed by atoms with Crippen LogP contribution in [-0.2, 0) is 4.74 Å². The number of ether oxygens (including phenoxy) is 2. The number of hydrogen-bond acceptors (Lipinski definition) is 6. The van der Waals surface area contributed by atoms with Gasteiger partial charge in [0, 0.05) is 19.2 Å². The number of nitrogens with one attached hydrogen (secondary N) is 1. The summed E-state index contributed by atoms with van der Waals surface area (Å²) in [5.74, 6) is 1.37. The molecule has 0 aliphatic carbocycles. The van der Waals surface area contributed by atoms with Gasteiger partial charge in [0.15, 0.2) is 0 Å². The lowest BCUT2D eigenvalue weighted by molar-refractivity contribution is 0.126. The summed E-state index contributed by atoms with van der Waals surface area (Å²) in [4.78, 5) is 10.3. The van der Waals surface area contributed by atoms with Crippen LogP contribution < -0.4 is 10.1 Å². The average molecular weight is 268 g/mol. The van der Waals surface area contributed by atoms with Gasteiger partial charge in [0.1, 0.15) is 12.1 Å². The Morgan fingerprint density at radius 1 is 1.21 bits per heavy atom. The lowest BCUT2D eigenvalue weighted by Crippen LogP contribution is -2.20. The number of likely N-dealkylation sites (N-methyl/N-ethyl adjacent to an activating group) is 1. The highest BCUT2D eigenvalue weighted by atomic mass is 16.5. The third kappa shape index (κ3) is 7.58. The summed E-state index contributed by atoms with van der Waals surface area (Å²) in [6.07, 6.45) is 2.46. The van der Waals surface area contributed by atoms with Crippen molar-refractivity contribution >= 4 is 5.82 Å². The first-order valence-electron chi connectivity index (χ1n) is 6.63. The van der Waals surface area contributed by atoms with Gasteiger partial charge in [0.2, 0.25) is 5.88 Å². The number of rotatable bonds is 10. The Balaban J connectivity index is 2.18. The third-order valence-corrected chi connectivity index (χ3v) is 2.33. The van der Waals surface area contributed by atoms with Crippen molar-refractivity contribution in [2.24, 2.45) is 0 Å². The van der Waals surface area contributed by atoms with E-state index in [1.54, 1.807) is 6.07 Å². The lowest BCUT2D eigenvalue weighted by Gasteiger charge is -2.10. The van der Waals surface area contributed by atoms with Gasteiger partial charge in [-0.15, -0.1) is 0 Å². The third-order valence-electron chi connectivity index (χ3n) is 2.33. The molecule has 1 rings (SSSR count). The Morgan fingerprint density at radius 3 is 2.79 bits per heavy atom. The van der Waals surface area contributed by atoms with E-state index in [0.29, 0.717) is 19.1 Å². The molecule has 1 heterocycles. The molecule has 0 atom stereocenters. The average Bonchev–Trinajstić information content (AvgIpc) is 2.40. The van der Waals surface area contributed by atoms with Crippen molar-refractivity contribution in [3.8, 4) is 5.88 Å². The highest BCUT2D eigenvalue weighted by molar-refractivity contribution is 5.36. The quantitative estimate of drug-likeness (QED) is 0.645. The maximum absolute atomic E-state index is 5.48. The summed E-state index contributed by atoms with van der Waals surface area (Å²) in [5.41, 5.74) is 0. The molecule has 108 valence electrons. The molecule has 0 bridgehead atoms. The molecule has 0 aliphatic heterocycles. The van der Waals surface area contributed by atoms with Crippen LogP contribution in [0.15, 0.2) is 12.4 Å². The van der Waals surface area contributed by atoms with Crippen LogP contribution in [0.2, 0.25) is 0 Å². The second-order valence-electron chi connectivity index (χ2n) is 4.43. The van der Waals surface area contributed by atoms with E-state index in [2.05, 4.69) is 27.1 Å². The predicted octanol–water partition coefficient (Wildman–Crippen LogP) is 1.26. The van der Waals surface area contributed by atoms with Crippen molar-refractivity contribution in [3.63, 3.8) is 0 Å². The molecule has 19 heavy (non-hydrogen) atoms. The topological polar surface area (TPSA) is 59.5 Å². The number of aromatic nitrogens is 2. The minimum Gasteiger partial charge on any atom is -0.478 e. The van der Waals surface area contributed by atoms with Gasteiger partial charge in [0.05, 0.1) is 19.8 Å². The Hall–Kier alpha value is -1.40. The maximum Gasteiger partial charge on any atom is 0.218 e. The molecule has 0 saturated carbocycles. The van der Waals surface area contributed by atoms with Crippen LogP contribution in [-0.4, -0.2) is 61.9 Å². The van der Waals surface area contributed by atoms with Crippen molar-refractivity contribution in [2.75, 3.05) is 52.3 Å². The van der Waals surface area contributed by atoms with Crippen LogP contribution >= 0.6 is 0 Å². The monoisotopic (exact) mass is 268 g/mol. The van der Waals surface area contributed by atoms with E-state index in [1.165, 1.54) is 6.33 Å². The molecule has 0 fully saturated rings. The molecule has 0 spiro atoms. The molecule has 0 amide bonds. The fraction of sp³-hybridized carbons (Fsp3) is 0.692. The van der Waals surface area contributed by atoms with Crippen LogP contribution in [0.4, 0.5) is 5.82 Å². The number of hydrogen-bond donors (Lipinski definition) is 1. The van der Waals surface area contributed by atoms with Crippen LogP contribution in [0.25, 0.3) is 0 Å². The van der Waals surface area contributed by atoms with Gasteiger partial charge in [-0.25, -0.2) is 9.97 Å². The van der Waals surface area contributed by atoms with E-state index in [0.717, 1.165) is 31.9 Å². The standard InChI is InChI=1S/C13H24N4O2/c1-4-7-19-13-10-12(15-11-16-13)14-5-8-18-9-6-17(2)3/h10-11H,4-9H2,1-3H3,(H,14,15,16). The maximum atomic E-state index is 5.48. The predicted molar refractivity (Wildman–Crippen MR) is 75.7 cm³/mol. The zero-order chi connectivity index (χ0) is 13.9. The summed E-state index contributed by atoms with van der Waals surface area (Å²) in [6, 6.07) is 1.80. The largest absolute Gasteiger partial charge is 0.478 e. The molecule has 0 unspecified atom stereocenters. The van der Waals surface area contributed by atoms with Gasteiger partial charge in [-0.05, 0) is 20.5 Å².